The van der Waals surface area contributed by atoms with E-state index in [1.54, 1.807) is 12.1 Å². The van der Waals surface area contributed by atoms with Crippen LogP contribution in [0.5, 0.6) is 0 Å². The molecule has 2 fully saturated rings. The van der Waals surface area contributed by atoms with E-state index in [0.29, 0.717) is 24.0 Å². The Morgan fingerprint density at radius 2 is 1.78 bits per heavy atom. The van der Waals surface area contributed by atoms with Gasteiger partial charge in [-0.3, -0.25) is 4.90 Å². The first kappa shape index (κ1) is 18.2. The number of rotatable bonds is 4. The van der Waals surface area contributed by atoms with Crippen molar-refractivity contribution in [3.8, 4) is 6.07 Å². The second-order valence-electron chi connectivity index (χ2n) is 7.99. The highest BCUT2D eigenvalue weighted by atomic mass is 19.1. The fourth-order valence-electron chi connectivity index (χ4n) is 4.93. The lowest BCUT2D eigenvalue weighted by Crippen LogP contribution is -2.56. The predicted molar refractivity (Wildman–Crippen MR) is 102 cm³/mol. The minimum absolute atomic E-state index is 0.186. The van der Waals surface area contributed by atoms with E-state index in [0.717, 1.165) is 19.4 Å². The Morgan fingerprint density at radius 3 is 2.41 bits per heavy atom. The van der Waals surface area contributed by atoms with Crippen LogP contribution in [0.3, 0.4) is 0 Å². The molecule has 4 heteroatoms. The first-order valence-corrected chi connectivity index (χ1v) is 9.77. The van der Waals surface area contributed by atoms with Gasteiger partial charge in [0.25, 0.3) is 0 Å². The normalized spacial score (nSPS) is 27.9. The third-order valence-corrected chi connectivity index (χ3v) is 6.19. The standard InChI is InChI=1S/C23H25FN2O/c24-22-13-17(11-12-25)9-10-21(22)23(27)14-19-7-4-8-20(15-23)26(19)16-18-5-2-1-3-6-18/h1-3,5-6,9-10,13,19-20,27H,4,7-8,11,14-16H2. The molecule has 2 aromatic carbocycles. The van der Waals surface area contributed by atoms with Crippen LogP contribution in [0.25, 0.3) is 0 Å². The van der Waals surface area contributed by atoms with Gasteiger partial charge in [-0.2, -0.15) is 5.26 Å². The van der Waals surface area contributed by atoms with Gasteiger partial charge in [-0.25, -0.2) is 4.39 Å². The van der Waals surface area contributed by atoms with Gasteiger partial charge in [0.2, 0.25) is 0 Å². The van der Waals surface area contributed by atoms with Gasteiger partial charge in [0.1, 0.15) is 5.82 Å². The molecule has 3 nitrogen and oxygen atoms in total. The van der Waals surface area contributed by atoms with Crippen LogP contribution in [0.4, 0.5) is 4.39 Å². The minimum Gasteiger partial charge on any atom is -0.385 e. The number of nitriles is 1. The van der Waals surface area contributed by atoms with Crippen molar-refractivity contribution in [3.63, 3.8) is 0 Å². The lowest BCUT2D eigenvalue weighted by atomic mass is 9.72. The number of aliphatic hydroxyl groups is 1. The van der Waals surface area contributed by atoms with Gasteiger partial charge in [0, 0.05) is 24.2 Å². The average Bonchev–Trinajstić information content (AvgIpc) is 2.64. The molecule has 2 aliphatic heterocycles. The molecule has 0 saturated carbocycles. The summed E-state index contributed by atoms with van der Waals surface area (Å²) in [6.07, 6.45) is 4.56. The fourth-order valence-corrected chi connectivity index (χ4v) is 4.93. The Labute approximate surface area is 160 Å². The SMILES string of the molecule is N#CCc1ccc(C2(O)CC3CCCC(C2)N3Cc2ccccc2)c(F)c1. The van der Waals surface area contributed by atoms with Crippen molar-refractivity contribution in [1.82, 2.24) is 4.90 Å². The minimum atomic E-state index is -1.13. The number of benzene rings is 2. The van der Waals surface area contributed by atoms with Crippen LogP contribution in [0, 0.1) is 17.1 Å². The van der Waals surface area contributed by atoms with Crippen molar-refractivity contribution < 1.29 is 9.50 Å². The molecular weight excluding hydrogens is 339 g/mol. The van der Waals surface area contributed by atoms with Gasteiger partial charge in [-0.15, -0.1) is 0 Å². The molecule has 0 amide bonds. The lowest BCUT2D eigenvalue weighted by Gasteiger charge is -2.52. The van der Waals surface area contributed by atoms with E-state index >= 15 is 0 Å². The van der Waals surface area contributed by atoms with Crippen LogP contribution in [0.1, 0.15) is 48.8 Å². The summed E-state index contributed by atoms with van der Waals surface area (Å²) in [4.78, 5) is 2.51. The summed E-state index contributed by atoms with van der Waals surface area (Å²) < 4.78 is 14.7. The van der Waals surface area contributed by atoms with E-state index in [4.69, 9.17) is 5.26 Å². The van der Waals surface area contributed by atoms with Crippen LogP contribution in [0.2, 0.25) is 0 Å². The van der Waals surface area contributed by atoms with E-state index in [1.165, 1.54) is 18.1 Å². The van der Waals surface area contributed by atoms with Gasteiger partial charge in [0.05, 0.1) is 18.1 Å². The van der Waals surface area contributed by atoms with E-state index in [9.17, 15) is 9.50 Å². The van der Waals surface area contributed by atoms with E-state index in [1.807, 2.05) is 12.1 Å². The monoisotopic (exact) mass is 364 g/mol. The van der Waals surface area contributed by atoms with Gasteiger partial charge in [0.15, 0.2) is 0 Å². The average molecular weight is 364 g/mol. The first-order valence-electron chi connectivity index (χ1n) is 9.77. The summed E-state index contributed by atoms with van der Waals surface area (Å²) in [7, 11) is 0. The molecule has 0 aromatic heterocycles. The molecule has 1 N–H and O–H groups in total. The highest BCUT2D eigenvalue weighted by Gasteiger charge is 2.47. The Morgan fingerprint density at radius 1 is 1.07 bits per heavy atom. The van der Waals surface area contributed by atoms with Crippen molar-refractivity contribution in [1.29, 1.82) is 5.26 Å². The summed E-state index contributed by atoms with van der Waals surface area (Å²) in [5.41, 5.74) is 1.20. The maximum absolute atomic E-state index is 14.7. The van der Waals surface area contributed by atoms with Crippen molar-refractivity contribution in [2.75, 3.05) is 0 Å². The van der Waals surface area contributed by atoms with Crippen molar-refractivity contribution in [2.24, 2.45) is 0 Å². The Bertz CT molecular complexity index is 831. The van der Waals surface area contributed by atoms with Crippen LogP contribution >= 0.6 is 0 Å². The molecule has 2 aromatic rings. The maximum atomic E-state index is 14.7. The number of halogens is 1. The topological polar surface area (TPSA) is 47.3 Å². The lowest BCUT2D eigenvalue weighted by molar-refractivity contribution is -0.101. The van der Waals surface area contributed by atoms with Gasteiger partial charge < -0.3 is 5.11 Å². The zero-order valence-electron chi connectivity index (χ0n) is 15.4. The number of fused-ring (bicyclic) bond motifs is 2. The van der Waals surface area contributed by atoms with Crippen LogP contribution in [0.15, 0.2) is 48.5 Å². The highest BCUT2D eigenvalue weighted by molar-refractivity contribution is 5.32. The first-order chi connectivity index (χ1) is 13.1. The molecule has 0 aliphatic carbocycles. The summed E-state index contributed by atoms with van der Waals surface area (Å²) in [6.45, 7) is 0.885. The summed E-state index contributed by atoms with van der Waals surface area (Å²) >= 11 is 0. The molecule has 0 radical (unpaired) electrons. The Hall–Kier alpha value is -2.22. The zero-order chi connectivity index (χ0) is 18.9. The van der Waals surface area contributed by atoms with Crippen molar-refractivity contribution >= 4 is 0 Å². The molecule has 2 atom stereocenters. The zero-order valence-corrected chi connectivity index (χ0v) is 15.4. The van der Waals surface area contributed by atoms with Crippen LogP contribution < -0.4 is 0 Å². The number of piperidine rings is 2. The molecule has 4 rings (SSSR count). The van der Waals surface area contributed by atoms with Gasteiger partial charge in [-0.1, -0.05) is 48.9 Å². The Balaban J connectivity index is 1.58. The molecular formula is C23H25FN2O. The highest BCUT2D eigenvalue weighted by Crippen LogP contribution is 2.45. The smallest absolute Gasteiger partial charge is 0.129 e. The second-order valence-corrected chi connectivity index (χ2v) is 7.99. The second kappa shape index (κ2) is 7.42. The molecule has 2 saturated heterocycles. The quantitative estimate of drug-likeness (QED) is 0.880. The summed E-state index contributed by atoms with van der Waals surface area (Å²) in [5, 5.41) is 20.2. The van der Waals surface area contributed by atoms with E-state index < -0.39 is 5.60 Å². The Kier molecular flexibility index (Phi) is 4.99. The molecule has 2 bridgehead atoms. The van der Waals surface area contributed by atoms with E-state index in [-0.39, 0.29) is 24.3 Å². The summed E-state index contributed by atoms with van der Waals surface area (Å²) in [6, 6.07) is 17.9. The van der Waals surface area contributed by atoms with Crippen LogP contribution in [-0.4, -0.2) is 22.1 Å². The van der Waals surface area contributed by atoms with Crippen molar-refractivity contribution in [3.05, 3.63) is 71.0 Å². The molecule has 2 aliphatic rings. The molecule has 27 heavy (non-hydrogen) atoms. The third-order valence-electron chi connectivity index (χ3n) is 6.19. The third kappa shape index (κ3) is 3.63. The van der Waals surface area contributed by atoms with E-state index in [2.05, 4.69) is 29.2 Å². The summed E-state index contributed by atoms with van der Waals surface area (Å²) in [5.74, 6) is -0.389. The maximum Gasteiger partial charge on any atom is 0.129 e. The van der Waals surface area contributed by atoms with Crippen molar-refractivity contribution in [2.45, 2.75) is 62.8 Å². The number of nitrogens with zero attached hydrogens (tertiary/aromatic N) is 2. The van der Waals surface area contributed by atoms with Gasteiger partial charge in [-0.05, 0) is 42.9 Å². The largest absolute Gasteiger partial charge is 0.385 e. The molecule has 2 heterocycles. The molecule has 0 spiro atoms. The number of hydrogen-bond acceptors (Lipinski definition) is 3. The number of hydrogen-bond donors (Lipinski definition) is 1. The van der Waals surface area contributed by atoms with Gasteiger partial charge >= 0.3 is 0 Å². The predicted octanol–water partition coefficient (Wildman–Crippen LogP) is 4.30. The van der Waals surface area contributed by atoms with Crippen LogP contribution in [-0.2, 0) is 18.6 Å². The molecule has 140 valence electrons. The molecule has 2 unspecified atom stereocenters. The fraction of sp³-hybridized carbons (Fsp3) is 0.435.